The molecule has 19 heavy (non-hydrogen) atoms. The number of ether oxygens (including phenoxy) is 1. The molecule has 2 aromatic rings. The molecule has 1 heterocycles. The molecule has 0 aliphatic rings. The van der Waals surface area contributed by atoms with Crippen molar-refractivity contribution in [1.82, 2.24) is 9.55 Å². The van der Waals surface area contributed by atoms with Crippen molar-refractivity contribution in [2.24, 2.45) is 7.05 Å². The van der Waals surface area contributed by atoms with Gasteiger partial charge in [0.15, 0.2) is 5.78 Å². The second-order valence-electron chi connectivity index (χ2n) is 5.69. The molecule has 102 valence electrons. The largest absolute Gasteiger partial charge is 0.368 e. The zero-order valence-electron chi connectivity index (χ0n) is 11.9. The van der Waals surface area contributed by atoms with Gasteiger partial charge < -0.3 is 9.30 Å². The SMILES string of the molecule is Cn1c(CC(=O)COC(C)(C)C)nc2ccccc21. The molecule has 1 aromatic heterocycles. The molecule has 0 aliphatic heterocycles. The maximum absolute atomic E-state index is 11.9. The monoisotopic (exact) mass is 260 g/mol. The highest BCUT2D eigenvalue weighted by molar-refractivity contribution is 5.83. The van der Waals surface area contributed by atoms with Crippen molar-refractivity contribution in [3.8, 4) is 0 Å². The zero-order valence-corrected chi connectivity index (χ0v) is 11.9. The Morgan fingerprint density at radius 2 is 2.00 bits per heavy atom. The van der Waals surface area contributed by atoms with Gasteiger partial charge in [0.25, 0.3) is 0 Å². The van der Waals surface area contributed by atoms with E-state index in [-0.39, 0.29) is 18.0 Å². The van der Waals surface area contributed by atoms with E-state index in [1.807, 2.05) is 56.7 Å². The van der Waals surface area contributed by atoms with Crippen LogP contribution < -0.4 is 0 Å². The Labute approximate surface area is 113 Å². The quantitative estimate of drug-likeness (QED) is 0.848. The number of carbonyl (C=O) groups is 1. The highest BCUT2D eigenvalue weighted by atomic mass is 16.5. The molecule has 0 atom stereocenters. The van der Waals surface area contributed by atoms with Gasteiger partial charge in [-0.05, 0) is 32.9 Å². The number of rotatable bonds is 4. The smallest absolute Gasteiger partial charge is 0.165 e. The van der Waals surface area contributed by atoms with Gasteiger partial charge >= 0.3 is 0 Å². The van der Waals surface area contributed by atoms with Crippen LogP contribution >= 0.6 is 0 Å². The summed E-state index contributed by atoms with van der Waals surface area (Å²) in [4.78, 5) is 16.4. The lowest BCUT2D eigenvalue weighted by molar-refractivity contribution is -0.127. The molecule has 0 saturated heterocycles. The number of carbonyl (C=O) groups excluding carboxylic acids is 1. The lowest BCUT2D eigenvalue weighted by atomic mass is 10.2. The number of aromatic nitrogens is 2. The first-order chi connectivity index (χ1) is 8.87. The van der Waals surface area contributed by atoms with Gasteiger partial charge in [-0.25, -0.2) is 4.98 Å². The third-order valence-electron chi connectivity index (χ3n) is 2.90. The van der Waals surface area contributed by atoms with E-state index < -0.39 is 0 Å². The van der Waals surface area contributed by atoms with Crippen molar-refractivity contribution in [3.05, 3.63) is 30.1 Å². The van der Waals surface area contributed by atoms with E-state index >= 15 is 0 Å². The van der Waals surface area contributed by atoms with Crippen molar-refractivity contribution in [3.63, 3.8) is 0 Å². The molecule has 0 radical (unpaired) electrons. The topological polar surface area (TPSA) is 44.1 Å². The van der Waals surface area contributed by atoms with Crippen molar-refractivity contribution in [2.45, 2.75) is 32.8 Å². The Morgan fingerprint density at radius 1 is 1.32 bits per heavy atom. The number of para-hydroxylation sites is 2. The summed E-state index contributed by atoms with van der Waals surface area (Å²) in [5.74, 6) is 0.831. The lowest BCUT2D eigenvalue weighted by Crippen LogP contribution is -2.25. The van der Waals surface area contributed by atoms with Crippen LogP contribution in [0.3, 0.4) is 0 Å². The number of aryl methyl sites for hydroxylation is 1. The number of fused-ring (bicyclic) bond motifs is 1. The molecule has 1 aromatic carbocycles. The number of hydrogen-bond donors (Lipinski definition) is 0. The summed E-state index contributed by atoms with van der Waals surface area (Å²) >= 11 is 0. The Kier molecular flexibility index (Phi) is 3.71. The van der Waals surface area contributed by atoms with Crippen LogP contribution in [0.5, 0.6) is 0 Å². The van der Waals surface area contributed by atoms with Gasteiger partial charge in [-0.2, -0.15) is 0 Å². The molecule has 0 aliphatic carbocycles. The number of imidazole rings is 1. The van der Waals surface area contributed by atoms with Crippen molar-refractivity contribution in [2.75, 3.05) is 6.61 Å². The molecule has 4 nitrogen and oxygen atoms in total. The predicted octanol–water partition coefficient (Wildman–Crippen LogP) is 2.50. The minimum absolute atomic E-state index is 0.0494. The van der Waals surface area contributed by atoms with Crippen LogP contribution in [0.1, 0.15) is 26.6 Å². The van der Waals surface area contributed by atoms with Gasteiger partial charge in [-0.1, -0.05) is 12.1 Å². The lowest BCUT2D eigenvalue weighted by Gasteiger charge is -2.18. The highest BCUT2D eigenvalue weighted by Gasteiger charge is 2.15. The molecular formula is C15H20N2O2. The van der Waals surface area contributed by atoms with E-state index in [1.165, 1.54) is 0 Å². The van der Waals surface area contributed by atoms with Gasteiger partial charge in [0, 0.05) is 7.05 Å². The van der Waals surface area contributed by atoms with Gasteiger partial charge in [0.2, 0.25) is 0 Å². The molecule has 0 unspecified atom stereocenters. The van der Waals surface area contributed by atoms with E-state index in [2.05, 4.69) is 4.98 Å². The minimum atomic E-state index is -0.290. The van der Waals surface area contributed by atoms with Crippen molar-refractivity contribution < 1.29 is 9.53 Å². The fourth-order valence-electron chi connectivity index (χ4n) is 1.88. The number of Topliss-reactive ketones (excluding diaryl/α,β-unsaturated/α-hetero) is 1. The van der Waals surface area contributed by atoms with Crippen LogP contribution in [-0.2, 0) is 23.0 Å². The molecular weight excluding hydrogens is 240 g/mol. The van der Waals surface area contributed by atoms with Crippen molar-refractivity contribution >= 4 is 16.8 Å². The first kappa shape index (κ1) is 13.7. The summed E-state index contributed by atoms with van der Waals surface area (Å²) in [7, 11) is 1.93. The highest BCUT2D eigenvalue weighted by Crippen LogP contribution is 2.15. The standard InChI is InChI=1S/C15H20N2O2/c1-15(2,3)19-10-11(18)9-14-16-12-7-5-6-8-13(12)17(14)4/h5-8H,9-10H2,1-4H3. The van der Waals surface area contributed by atoms with Crippen molar-refractivity contribution in [1.29, 1.82) is 0 Å². The summed E-state index contributed by atoms with van der Waals surface area (Å²) in [6.07, 6.45) is 0.307. The van der Waals surface area contributed by atoms with E-state index in [9.17, 15) is 4.79 Å². The fraction of sp³-hybridized carbons (Fsp3) is 0.467. The van der Waals surface area contributed by atoms with E-state index in [0.29, 0.717) is 6.42 Å². The molecule has 0 N–H and O–H groups in total. The van der Waals surface area contributed by atoms with Crippen LogP contribution in [0, 0.1) is 0 Å². The first-order valence-corrected chi connectivity index (χ1v) is 6.43. The second-order valence-corrected chi connectivity index (χ2v) is 5.69. The third kappa shape index (κ3) is 3.41. The summed E-state index contributed by atoms with van der Waals surface area (Å²) in [5.41, 5.74) is 1.67. The summed E-state index contributed by atoms with van der Waals surface area (Å²) in [6, 6.07) is 7.87. The minimum Gasteiger partial charge on any atom is -0.368 e. The number of nitrogens with zero attached hydrogens (tertiary/aromatic N) is 2. The molecule has 0 amide bonds. The van der Waals surface area contributed by atoms with Crippen LogP contribution in [0.4, 0.5) is 0 Å². The predicted molar refractivity (Wildman–Crippen MR) is 75.1 cm³/mol. The van der Waals surface area contributed by atoms with Gasteiger partial charge in [0.05, 0.1) is 23.1 Å². The molecule has 0 spiro atoms. The molecule has 0 bridgehead atoms. The van der Waals surface area contributed by atoms with Gasteiger partial charge in [0.1, 0.15) is 12.4 Å². The van der Waals surface area contributed by atoms with E-state index in [1.54, 1.807) is 0 Å². The normalized spacial score (nSPS) is 12.0. The second kappa shape index (κ2) is 5.13. The fourth-order valence-corrected chi connectivity index (χ4v) is 1.88. The molecule has 2 rings (SSSR count). The van der Waals surface area contributed by atoms with Gasteiger partial charge in [-0.15, -0.1) is 0 Å². The summed E-state index contributed by atoms with van der Waals surface area (Å²) in [5, 5.41) is 0. The van der Waals surface area contributed by atoms with Crippen LogP contribution in [-0.4, -0.2) is 27.5 Å². The maximum Gasteiger partial charge on any atom is 0.165 e. The van der Waals surface area contributed by atoms with Crippen LogP contribution in [0.2, 0.25) is 0 Å². The third-order valence-corrected chi connectivity index (χ3v) is 2.90. The summed E-state index contributed by atoms with van der Waals surface area (Å²) < 4.78 is 7.45. The molecule has 0 saturated carbocycles. The Morgan fingerprint density at radius 3 is 2.63 bits per heavy atom. The maximum atomic E-state index is 11.9. The Balaban J connectivity index is 2.09. The summed E-state index contributed by atoms with van der Waals surface area (Å²) in [6.45, 7) is 5.95. The average Bonchev–Trinajstić information content (AvgIpc) is 2.64. The Hall–Kier alpha value is -1.68. The average molecular weight is 260 g/mol. The van der Waals surface area contributed by atoms with Crippen LogP contribution in [0.25, 0.3) is 11.0 Å². The molecule has 4 heteroatoms. The zero-order chi connectivity index (χ0) is 14.0. The van der Waals surface area contributed by atoms with E-state index in [4.69, 9.17) is 4.74 Å². The Bertz CT molecular complexity index is 594. The number of benzene rings is 1. The first-order valence-electron chi connectivity index (χ1n) is 6.43. The van der Waals surface area contributed by atoms with E-state index in [0.717, 1.165) is 16.9 Å². The number of hydrogen-bond acceptors (Lipinski definition) is 3. The number of ketones is 1. The van der Waals surface area contributed by atoms with Gasteiger partial charge in [-0.3, -0.25) is 4.79 Å². The molecule has 0 fully saturated rings. The van der Waals surface area contributed by atoms with Crippen LogP contribution in [0.15, 0.2) is 24.3 Å².